The van der Waals surface area contributed by atoms with E-state index in [1.54, 1.807) is 35.4 Å². The van der Waals surface area contributed by atoms with Gasteiger partial charge in [-0.05, 0) is 25.1 Å². The molecule has 1 aromatic carbocycles. The second kappa shape index (κ2) is 7.11. The van der Waals surface area contributed by atoms with Crippen molar-refractivity contribution in [1.29, 1.82) is 0 Å². The molecule has 0 amide bonds. The Labute approximate surface area is 137 Å². The van der Waals surface area contributed by atoms with Crippen LogP contribution in [0.5, 0.6) is 0 Å². The molecule has 0 fully saturated rings. The predicted octanol–water partition coefficient (Wildman–Crippen LogP) is 3.55. The number of hydrogen-bond acceptors (Lipinski definition) is 4. The molecule has 0 aliphatic carbocycles. The number of halogens is 1. The topological polar surface area (TPSA) is 42.5 Å². The molecule has 2 aromatic heterocycles. The van der Waals surface area contributed by atoms with Crippen molar-refractivity contribution in [3.8, 4) is 11.3 Å². The fraction of sp³-hybridized carbons (Fsp3) is 0.118. The van der Waals surface area contributed by atoms with Crippen LogP contribution < -0.4 is 4.80 Å². The molecule has 0 aliphatic heterocycles. The number of benzene rings is 1. The van der Waals surface area contributed by atoms with Gasteiger partial charge in [-0.25, -0.2) is 9.07 Å². The Morgan fingerprint density at radius 3 is 2.87 bits per heavy atom. The highest BCUT2D eigenvalue weighted by atomic mass is 32.1. The normalized spacial score (nSPS) is 12.2. The molecular weight excluding hydrogens is 311 g/mol. The van der Waals surface area contributed by atoms with Gasteiger partial charge in [-0.2, -0.15) is 5.10 Å². The zero-order chi connectivity index (χ0) is 16.1. The van der Waals surface area contributed by atoms with E-state index in [0.29, 0.717) is 17.8 Å². The van der Waals surface area contributed by atoms with Crippen LogP contribution in [0.25, 0.3) is 11.3 Å². The third kappa shape index (κ3) is 3.43. The molecule has 0 N–H and O–H groups in total. The molecule has 4 nitrogen and oxygen atoms in total. The molecule has 0 unspecified atom stereocenters. The lowest BCUT2D eigenvalue weighted by Crippen LogP contribution is -2.12. The smallest absolute Gasteiger partial charge is 0.206 e. The predicted molar refractivity (Wildman–Crippen MR) is 91.0 cm³/mol. The van der Waals surface area contributed by atoms with E-state index in [2.05, 4.69) is 15.1 Å². The summed E-state index contributed by atoms with van der Waals surface area (Å²) < 4.78 is 15.8. The number of aromatic nitrogens is 2. The van der Waals surface area contributed by atoms with Gasteiger partial charge in [-0.1, -0.05) is 18.2 Å². The van der Waals surface area contributed by atoms with E-state index in [-0.39, 0.29) is 5.82 Å². The van der Waals surface area contributed by atoms with Crippen LogP contribution in [-0.2, 0) is 0 Å². The van der Waals surface area contributed by atoms with Crippen molar-refractivity contribution >= 4 is 17.6 Å². The zero-order valence-corrected chi connectivity index (χ0v) is 13.4. The van der Waals surface area contributed by atoms with Crippen molar-refractivity contribution in [2.75, 3.05) is 6.54 Å². The van der Waals surface area contributed by atoms with Crippen LogP contribution in [0.2, 0.25) is 0 Å². The number of pyridine rings is 1. The van der Waals surface area contributed by atoms with Gasteiger partial charge in [-0.15, -0.1) is 11.3 Å². The average Bonchev–Trinajstić information content (AvgIpc) is 2.97. The highest BCUT2D eigenvalue weighted by molar-refractivity contribution is 7.07. The summed E-state index contributed by atoms with van der Waals surface area (Å²) in [6.07, 6.45) is 5.12. The number of hydrogen-bond donors (Lipinski definition) is 0. The lowest BCUT2D eigenvalue weighted by molar-refractivity contribution is 0.629. The largest absolute Gasteiger partial charge is 0.264 e. The summed E-state index contributed by atoms with van der Waals surface area (Å²) in [7, 11) is 0. The number of nitrogens with zero attached hydrogens (tertiary/aromatic N) is 4. The van der Waals surface area contributed by atoms with E-state index in [1.165, 1.54) is 17.4 Å². The fourth-order valence-corrected chi connectivity index (χ4v) is 2.98. The van der Waals surface area contributed by atoms with Gasteiger partial charge in [0.05, 0.1) is 11.9 Å². The van der Waals surface area contributed by atoms with Crippen LogP contribution in [0, 0.1) is 5.82 Å². The van der Waals surface area contributed by atoms with Gasteiger partial charge in [0.2, 0.25) is 4.80 Å². The maximum Gasteiger partial charge on any atom is 0.206 e. The molecule has 0 aliphatic rings. The van der Waals surface area contributed by atoms with E-state index in [9.17, 15) is 4.39 Å². The molecule has 0 saturated carbocycles. The van der Waals surface area contributed by atoms with Crippen LogP contribution in [0.4, 0.5) is 4.39 Å². The lowest BCUT2D eigenvalue weighted by Gasteiger charge is -2.04. The highest BCUT2D eigenvalue weighted by Gasteiger charge is 2.11. The number of thiazole rings is 1. The summed E-state index contributed by atoms with van der Waals surface area (Å²) in [5.41, 5.74) is 2.05. The first-order valence-electron chi connectivity index (χ1n) is 7.20. The molecule has 3 aromatic rings. The van der Waals surface area contributed by atoms with Crippen LogP contribution in [0.3, 0.4) is 0 Å². The van der Waals surface area contributed by atoms with Crippen molar-refractivity contribution in [2.24, 2.45) is 10.1 Å². The van der Waals surface area contributed by atoms with Crippen molar-refractivity contribution in [3.05, 3.63) is 70.4 Å². The molecule has 0 bridgehead atoms. The summed E-state index contributed by atoms with van der Waals surface area (Å²) in [5, 5.41) is 6.34. The minimum Gasteiger partial charge on any atom is -0.264 e. The number of rotatable bonds is 4. The van der Waals surface area contributed by atoms with Gasteiger partial charge in [0.1, 0.15) is 5.82 Å². The first-order chi connectivity index (χ1) is 11.3. The summed E-state index contributed by atoms with van der Waals surface area (Å²) in [5.74, 6) is -0.279. The van der Waals surface area contributed by atoms with Crippen molar-refractivity contribution in [1.82, 2.24) is 9.66 Å². The van der Waals surface area contributed by atoms with Crippen molar-refractivity contribution < 1.29 is 4.39 Å². The molecule has 0 spiro atoms. The second-order valence-corrected chi connectivity index (χ2v) is 5.54. The van der Waals surface area contributed by atoms with Gasteiger partial charge in [0.25, 0.3) is 0 Å². The molecule has 23 heavy (non-hydrogen) atoms. The van der Waals surface area contributed by atoms with Crippen molar-refractivity contribution in [3.63, 3.8) is 0 Å². The molecule has 0 saturated heterocycles. The highest BCUT2D eigenvalue weighted by Crippen LogP contribution is 2.23. The Kier molecular flexibility index (Phi) is 4.73. The van der Waals surface area contributed by atoms with Gasteiger partial charge >= 0.3 is 0 Å². The molecule has 0 atom stereocenters. The lowest BCUT2D eigenvalue weighted by atomic mass is 10.1. The van der Waals surface area contributed by atoms with Crippen LogP contribution in [-0.4, -0.2) is 22.4 Å². The minimum absolute atomic E-state index is 0.279. The van der Waals surface area contributed by atoms with E-state index < -0.39 is 0 Å². The Morgan fingerprint density at radius 1 is 1.26 bits per heavy atom. The van der Waals surface area contributed by atoms with Gasteiger partial charge < -0.3 is 0 Å². The third-order valence-electron chi connectivity index (χ3n) is 3.14. The Bertz CT molecular complexity index is 881. The van der Waals surface area contributed by atoms with Gasteiger partial charge in [0.15, 0.2) is 0 Å². The maximum absolute atomic E-state index is 14.1. The molecule has 3 rings (SSSR count). The molecule has 6 heteroatoms. The molecular formula is C17H15FN4S. The van der Waals surface area contributed by atoms with Gasteiger partial charge in [-0.3, -0.25) is 9.98 Å². The summed E-state index contributed by atoms with van der Waals surface area (Å²) >= 11 is 1.44. The monoisotopic (exact) mass is 326 g/mol. The van der Waals surface area contributed by atoms with E-state index in [0.717, 1.165) is 10.4 Å². The van der Waals surface area contributed by atoms with E-state index in [1.807, 2.05) is 30.5 Å². The quantitative estimate of drug-likeness (QED) is 0.676. The summed E-state index contributed by atoms with van der Waals surface area (Å²) in [4.78, 5) is 9.21. The van der Waals surface area contributed by atoms with Crippen LogP contribution >= 0.6 is 11.3 Å². The first kappa shape index (κ1) is 15.3. The standard InChI is InChI=1S/C17H15FN4S/c1-2-20-17-22(21-11-13-6-5-9-19-10-13)16(12-23-17)14-7-3-4-8-15(14)18/h3-12H,2H2,1H3/b20-17?,21-11+. The maximum atomic E-state index is 14.1. The van der Waals surface area contributed by atoms with E-state index in [4.69, 9.17) is 0 Å². The molecule has 116 valence electrons. The Hall–Kier alpha value is -2.60. The SMILES string of the molecule is CCN=c1scc(-c2ccccc2F)n1/N=C/c1cccnc1. The average molecular weight is 326 g/mol. The zero-order valence-electron chi connectivity index (χ0n) is 12.6. The Balaban J connectivity index is 2.11. The summed E-state index contributed by atoms with van der Waals surface area (Å²) in [6, 6.07) is 10.4. The Morgan fingerprint density at radius 2 is 2.13 bits per heavy atom. The van der Waals surface area contributed by atoms with Crippen molar-refractivity contribution in [2.45, 2.75) is 6.92 Å². The van der Waals surface area contributed by atoms with E-state index >= 15 is 0 Å². The summed E-state index contributed by atoms with van der Waals surface area (Å²) in [6.45, 7) is 2.59. The molecule has 2 heterocycles. The molecule has 0 radical (unpaired) electrons. The first-order valence-corrected chi connectivity index (χ1v) is 8.08. The fourth-order valence-electron chi connectivity index (χ4n) is 2.09. The third-order valence-corrected chi connectivity index (χ3v) is 3.99. The minimum atomic E-state index is -0.279. The van der Waals surface area contributed by atoms with Crippen LogP contribution in [0.15, 0.2) is 64.3 Å². The van der Waals surface area contributed by atoms with Gasteiger partial charge in [0, 0.05) is 35.4 Å². The van der Waals surface area contributed by atoms with Crippen LogP contribution in [0.1, 0.15) is 12.5 Å². The second-order valence-electron chi connectivity index (χ2n) is 4.70.